The van der Waals surface area contributed by atoms with Gasteiger partial charge in [-0.1, -0.05) is 38.1 Å². The second-order valence-corrected chi connectivity index (χ2v) is 5.36. The van der Waals surface area contributed by atoms with Crippen LogP contribution in [0.15, 0.2) is 24.3 Å². The first kappa shape index (κ1) is 14.7. The van der Waals surface area contributed by atoms with Crippen LogP contribution < -0.4 is 5.73 Å². The topological polar surface area (TPSA) is 46.3 Å². The number of carbonyl (C=O) groups excluding carboxylic acids is 1. The highest BCUT2D eigenvalue weighted by atomic mass is 16.2. The first-order valence-corrected chi connectivity index (χ1v) is 6.47. The molecule has 0 saturated carbocycles. The van der Waals surface area contributed by atoms with E-state index in [9.17, 15) is 4.79 Å². The summed E-state index contributed by atoms with van der Waals surface area (Å²) in [6.45, 7) is 6.84. The number of rotatable bonds is 5. The highest BCUT2D eigenvalue weighted by molar-refractivity contribution is 5.81. The Bertz CT molecular complexity index is 401. The molecular weight excluding hydrogens is 224 g/mol. The fourth-order valence-electron chi connectivity index (χ4n) is 2.01. The summed E-state index contributed by atoms with van der Waals surface area (Å²) < 4.78 is 0. The molecule has 1 rings (SSSR count). The molecule has 2 N–H and O–H groups in total. The van der Waals surface area contributed by atoms with Gasteiger partial charge in [-0.3, -0.25) is 4.79 Å². The summed E-state index contributed by atoms with van der Waals surface area (Å²) in [4.78, 5) is 13.8. The number of benzene rings is 1. The van der Waals surface area contributed by atoms with Crippen molar-refractivity contribution in [1.29, 1.82) is 0 Å². The van der Waals surface area contributed by atoms with E-state index in [0.717, 1.165) is 6.42 Å². The van der Waals surface area contributed by atoms with E-state index >= 15 is 0 Å². The summed E-state index contributed by atoms with van der Waals surface area (Å²) in [7, 11) is 1.81. The Morgan fingerprint density at radius 3 is 2.50 bits per heavy atom. The molecule has 18 heavy (non-hydrogen) atoms. The lowest BCUT2D eigenvalue weighted by Gasteiger charge is -2.23. The molecule has 1 aromatic rings. The third-order valence-corrected chi connectivity index (χ3v) is 3.09. The molecule has 0 fully saturated rings. The Balaban J connectivity index is 2.63. The Kier molecular flexibility index (Phi) is 5.35. The standard InChI is InChI=1S/C15H24N2O/c1-11(2)9-14(16)15(18)17(4)10-13-8-6-5-7-12(13)3/h5-8,11,14H,9-10,16H2,1-4H3/t14-/m0/s1. The van der Waals surface area contributed by atoms with Gasteiger partial charge in [-0.15, -0.1) is 0 Å². The number of hydrogen-bond donors (Lipinski definition) is 1. The predicted molar refractivity (Wildman–Crippen MR) is 75.1 cm³/mol. The van der Waals surface area contributed by atoms with Gasteiger partial charge in [0.25, 0.3) is 0 Å². The molecule has 0 aromatic heterocycles. The summed E-state index contributed by atoms with van der Waals surface area (Å²) >= 11 is 0. The maximum absolute atomic E-state index is 12.1. The van der Waals surface area contributed by atoms with Crippen molar-refractivity contribution in [3.05, 3.63) is 35.4 Å². The van der Waals surface area contributed by atoms with E-state index < -0.39 is 0 Å². The molecule has 3 heteroatoms. The van der Waals surface area contributed by atoms with Crippen LogP contribution in [0.3, 0.4) is 0 Å². The number of amides is 1. The maximum Gasteiger partial charge on any atom is 0.239 e. The zero-order valence-electron chi connectivity index (χ0n) is 11.8. The normalized spacial score (nSPS) is 12.6. The Labute approximate surface area is 110 Å². The van der Waals surface area contributed by atoms with Crippen molar-refractivity contribution in [3.8, 4) is 0 Å². The molecule has 0 heterocycles. The molecule has 0 saturated heterocycles. The van der Waals surface area contributed by atoms with E-state index in [1.54, 1.807) is 4.90 Å². The van der Waals surface area contributed by atoms with Crippen molar-refractivity contribution in [2.24, 2.45) is 11.7 Å². The molecule has 0 bridgehead atoms. The predicted octanol–water partition coefficient (Wildman–Crippen LogP) is 2.33. The van der Waals surface area contributed by atoms with Crippen LogP contribution in [0.5, 0.6) is 0 Å². The maximum atomic E-state index is 12.1. The zero-order chi connectivity index (χ0) is 13.7. The molecule has 0 unspecified atom stereocenters. The number of carbonyl (C=O) groups is 1. The summed E-state index contributed by atoms with van der Waals surface area (Å²) in [6.07, 6.45) is 0.733. The number of hydrogen-bond acceptors (Lipinski definition) is 2. The van der Waals surface area contributed by atoms with Crippen molar-refractivity contribution in [3.63, 3.8) is 0 Å². The van der Waals surface area contributed by atoms with Crippen LogP contribution in [0.2, 0.25) is 0 Å². The second kappa shape index (κ2) is 6.55. The van der Waals surface area contributed by atoms with Crippen LogP contribution in [-0.4, -0.2) is 23.9 Å². The minimum atomic E-state index is -0.390. The largest absolute Gasteiger partial charge is 0.340 e. The minimum Gasteiger partial charge on any atom is -0.340 e. The van der Waals surface area contributed by atoms with Gasteiger partial charge in [-0.05, 0) is 30.4 Å². The van der Waals surface area contributed by atoms with E-state index in [-0.39, 0.29) is 11.9 Å². The smallest absolute Gasteiger partial charge is 0.239 e. The second-order valence-electron chi connectivity index (χ2n) is 5.36. The average molecular weight is 248 g/mol. The first-order valence-electron chi connectivity index (χ1n) is 6.47. The SMILES string of the molecule is Cc1ccccc1CN(C)C(=O)[C@@H](N)CC(C)C. The van der Waals surface area contributed by atoms with E-state index in [1.165, 1.54) is 11.1 Å². The molecule has 1 amide bonds. The Morgan fingerprint density at radius 1 is 1.33 bits per heavy atom. The van der Waals surface area contributed by atoms with Crippen molar-refractivity contribution in [2.45, 2.75) is 39.8 Å². The first-order chi connectivity index (χ1) is 8.41. The van der Waals surface area contributed by atoms with Crippen molar-refractivity contribution in [1.82, 2.24) is 4.90 Å². The lowest BCUT2D eigenvalue weighted by atomic mass is 10.0. The van der Waals surface area contributed by atoms with Crippen LogP contribution in [0, 0.1) is 12.8 Å². The van der Waals surface area contributed by atoms with Crippen LogP contribution in [0.25, 0.3) is 0 Å². The van der Waals surface area contributed by atoms with Gasteiger partial charge in [0.1, 0.15) is 0 Å². The fourth-order valence-corrected chi connectivity index (χ4v) is 2.01. The van der Waals surface area contributed by atoms with Gasteiger partial charge < -0.3 is 10.6 Å². The molecule has 0 aliphatic heterocycles. The van der Waals surface area contributed by atoms with Crippen LogP contribution in [-0.2, 0) is 11.3 Å². The third kappa shape index (κ3) is 4.15. The number of aryl methyl sites for hydroxylation is 1. The highest BCUT2D eigenvalue weighted by Gasteiger charge is 2.19. The zero-order valence-corrected chi connectivity index (χ0v) is 11.8. The van der Waals surface area contributed by atoms with E-state index in [2.05, 4.69) is 26.8 Å². The molecule has 0 radical (unpaired) electrons. The van der Waals surface area contributed by atoms with Gasteiger partial charge in [0, 0.05) is 13.6 Å². The van der Waals surface area contributed by atoms with Gasteiger partial charge >= 0.3 is 0 Å². The molecule has 1 aromatic carbocycles. The molecule has 0 spiro atoms. The van der Waals surface area contributed by atoms with Crippen LogP contribution >= 0.6 is 0 Å². The molecule has 1 atom stereocenters. The van der Waals surface area contributed by atoms with Crippen molar-refractivity contribution >= 4 is 5.91 Å². The van der Waals surface area contributed by atoms with Crippen LogP contribution in [0.4, 0.5) is 0 Å². The Hall–Kier alpha value is -1.35. The highest BCUT2D eigenvalue weighted by Crippen LogP contribution is 2.11. The molecule has 100 valence electrons. The third-order valence-electron chi connectivity index (χ3n) is 3.09. The lowest BCUT2D eigenvalue weighted by molar-refractivity contribution is -0.132. The molecule has 3 nitrogen and oxygen atoms in total. The van der Waals surface area contributed by atoms with Crippen molar-refractivity contribution < 1.29 is 4.79 Å². The van der Waals surface area contributed by atoms with Gasteiger partial charge in [0.05, 0.1) is 6.04 Å². The summed E-state index contributed by atoms with van der Waals surface area (Å²) in [5, 5.41) is 0. The van der Waals surface area contributed by atoms with E-state index in [1.807, 2.05) is 25.2 Å². The minimum absolute atomic E-state index is 0.0203. The van der Waals surface area contributed by atoms with Gasteiger partial charge in [0.15, 0.2) is 0 Å². The monoisotopic (exact) mass is 248 g/mol. The van der Waals surface area contributed by atoms with Gasteiger partial charge in [-0.25, -0.2) is 0 Å². The average Bonchev–Trinajstić information content (AvgIpc) is 2.30. The van der Waals surface area contributed by atoms with E-state index in [4.69, 9.17) is 5.73 Å². The molecular formula is C15H24N2O. The number of likely N-dealkylation sites (N-methyl/N-ethyl adjacent to an activating group) is 1. The molecule has 0 aliphatic carbocycles. The Morgan fingerprint density at radius 2 is 1.94 bits per heavy atom. The summed E-state index contributed by atoms with van der Waals surface area (Å²) in [6, 6.07) is 7.72. The summed E-state index contributed by atoms with van der Waals surface area (Å²) in [5.41, 5.74) is 8.29. The summed E-state index contributed by atoms with van der Waals surface area (Å²) in [5.74, 6) is 0.461. The van der Waals surface area contributed by atoms with E-state index in [0.29, 0.717) is 12.5 Å². The van der Waals surface area contributed by atoms with Crippen molar-refractivity contribution in [2.75, 3.05) is 7.05 Å². The lowest BCUT2D eigenvalue weighted by Crippen LogP contribution is -2.42. The van der Waals surface area contributed by atoms with Gasteiger partial charge in [-0.2, -0.15) is 0 Å². The number of nitrogens with two attached hydrogens (primary N) is 1. The fraction of sp³-hybridized carbons (Fsp3) is 0.533. The van der Waals surface area contributed by atoms with Gasteiger partial charge in [0.2, 0.25) is 5.91 Å². The molecule has 0 aliphatic rings. The quantitative estimate of drug-likeness (QED) is 0.869. The number of nitrogens with zero attached hydrogens (tertiary/aromatic N) is 1. The van der Waals surface area contributed by atoms with Crippen LogP contribution in [0.1, 0.15) is 31.4 Å².